The van der Waals surface area contributed by atoms with Gasteiger partial charge >= 0.3 is 0 Å². The predicted molar refractivity (Wildman–Crippen MR) is 82.5 cm³/mol. The molecule has 1 aromatic carbocycles. The minimum absolute atomic E-state index is 0.0676. The quantitative estimate of drug-likeness (QED) is 0.743. The molecule has 0 bridgehead atoms. The number of benzene rings is 1. The van der Waals surface area contributed by atoms with Crippen LogP contribution in [-0.2, 0) is 16.0 Å². The summed E-state index contributed by atoms with van der Waals surface area (Å²) in [7, 11) is 0. The number of carbonyl (C=O) groups excluding carboxylic acids is 1. The number of carbonyl (C=O) groups is 1. The van der Waals surface area contributed by atoms with Crippen LogP contribution < -0.4 is 5.73 Å². The molecule has 1 aromatic rings. The molecule has 0 aliphatic carbocycles. The third kappa shape index (κ3) is 5.43. The van der Waals surface area contributed by atoms with Crippen LogP contribution in [0, 0.1) is 11.8 Å². The fraction of sp³-hybridized carbons (Fsp3) is 0.588. The Bertz CT molecular complexity index is 401. The zero-order chi connectivity index (χ0) is 15.2. The van der Waals surface area contributed by atoms with Crippen molar-refractivity contribution in [1.82, 2.24) is 0 Å². The molecule has 0 saturated carbocycles. The van der Waals surface area contributed by atoms with Crippen molar-refractivity contribution in [3.8, 4) is 0 Å². The average molecular weight is 277 g/mol. The minimum atomic E-state index is -0.900. The molecule has 0 heterocycles. The molecule has 0 fully saturated rings. The summed E-state index contributed by atoms with van der Waals surface area (Å²) in [6.45, 7) is 8.42. The molecule has 112 valence electrons. The number of rotatable bonds is 8. The second kappa shape index (κ2) is 7.55. The molecule has 0 aliphatic rings. The number of hydrogen-bond donors (Lipinski definition) is 1. The van der Waals surface area contributed by atoms with Crippen LogP contribution in [0.5, 0.6) is 0 Å². The molecule has 20 heavy (non-hydrogen) atoms. The van der Waals surface area contributed by atoms with Gasteiger partial charge in [0.1, 0.15) is 6.29 Å². The van der Waals surface area contributed by atoms with Crippen molar-refractivity contribution in [1.29, 1.82) is 0 Å². The SMILES string of the molecule is CC(C)[C@@H](Cc1ccccc1)[C@H](C)OC[C@](C)(N)C=O. The maximum atomic E-state index is 10.8. The monoisotopic (exact) mass is 277 g/mol. The molecular formula is C17H27NO2. The second-order valence-electron chi connectivity index (χ2n) is 6.24. The molecule has 0 aromatic heterocycles. The van der Waals surface area contributed by atoms with Gasteiger partial charge in [-0.15, -0.1) is 0 Å². The first-order chi connectivity index (χ1) is 9.35. The summed E-state index contributed by atoms with van der Waals surface area (Å²) < 4.78 is 5.84. The molecule has 0 radical (unpaired) electrons. The van der Waals surface area contributed by atoms with Gasteiger partial charge in [-0.25, -0.2) is 0 Å². The molecular weight excluding hydrogens is 250 g/mol. The molecule has 0 saturated heterocycles. The van der Waals surface area contributed by atoms with Crippen LogP contribution in [0.2, 0.25) is 0 Å². The average Bonchev–Trinajstić information content (AvgIpc) is 2.43. The summed E-state index contributed by atoms with van der Waals surface area (Å²) in [6.07, 6.45) is 1.79. The maximum Gasteiger partial charge on any atom is 0.141 e. The highest BCUT2D eigenvalue weighted by Gasteiger charge is 2.25. The van der Waals surface area contributed by atoms with E-state index in [1.807, 2.05) is 6.07 Å². The molecule has 1 rings (SSSR count). The summed E-state index contributed by atoms with van der Waals surface area (Å²) in [5.41, 5.74) is 6.21. The Balaban J connectivity index is 2.64. The Kier molecular flexibility index (Phi) is 6.37. The van der Waals surface area contributed by atoms with E-state index in [0.29, 0.717) is 11.8 Å². The van der Waals surface area contributed by atoms with Gasteiger partial charge in [0.15, 0.2) is 0 Å². The lowest BCUT2D eigenvalue weighted by atomic mass is 9.85. The maximum absolute atomic E-state index is 10.8. The van der Waals surface area contributed by atoms with E-state index in [2.05, 4.69) is 45.0 Å². The topological polar surface area (TPSA) is 52.3 Å². The van der Waals surface area contributed by atoms with Gasteiger partial charge in [-0.1, -0.05) is 44.2 Å². The predicted octanol–water partition coefficient (Wildman–Crippen LogP) is 2.82. The Labute approximate surface area is 122 Å². The first-order valence-corrected chi connectivity index (χ1v) is 7.26. The van der Waals surface area contributed by atoms with Crippen LogP contribution in [0.15, 0.2) is 30.3 Å². The third-order valence-electron chi connectivity index (χ3n) is 3.70. The summed E-state index contributed by atoms with van der Waals surface area (Å²) >= 11 is 0. The van der Waals surface area contributed by atoms with E-state index in [4.69, 9.17) is 10.5 Å². The van der Waals surface area contributed by atoms with Gasteiger partial charge in [-0.2, -0.15) is 0 Å². The number of aldehydes is 1. The van der Waals surface area contributed by atoms with E-state index in [0.717, 1.165) is 12.7 Å². The second-order valence-corrected chi connectivity index (χ2v) is 6.24. The number of ether oxygens (including phenoxy) is 1. The van der Waals surface area contributed by atoms with Gasteiger partial charge < -0.3 is 15.3 Å². The van der Waals surface area contributed by atoms with Gasteiger partial charge in [-0.05, 0) is 37.7 Å². The first-order valence-electron chi connectivity index (χ1n) is 7.26. The lowest BCUT2D eigenvalue weighted by Gasteiger charge is -2.30. The van der Waals surface area contributed by atoms with Gasteiger partial charge in [0.2, 0.25) is 0 Å². The van der Waals surface area contributed by atoms with Crippen LogP contribution in [0.1, 0.15) is 33.3 Å². The molecule has 3 nitrogen and oxygen atoms in total. The zero-order valence-electron chi connectivity index (χ0n) is 13.0. The van der Waals surface area contributed by atoms with Crippen molar-refractivity contribution < 1.29 is 9.53 Å². The van der Waals surface area contributed by atoms with Crippen LogP contribution in [0.3, 0.4) is 0 Å². The van der Waals surface area contributed by atoms with Crippen LogP contribution in [-0.4, -0.2) is 24.5 Å². The van der Waals surface area contributed by atoms with Crippen LogP contribution >= 0.6 is 0 Å². The molecule has 0 spiro atoms. The van der Waals surface area contributed by atoms with Crippen LogP contribution in [0.25, 0.3) is 0 Å². The fourth-order valence-electron chi connectivity index (χ4n) is 2.30. The molecule has 0 aliphatic heterocycles. The Hall–Kier alpha value is -1.19. The van der Waals surface area contributed by atoms with Crippen molar-refractivity contribution in [2.45, 2.75) is 45.8 Å². The first kappa shape index (κ1) is 16.9. The lowest BCUT2D eigenvalue weighted by molar-refractivity contribution is -0.115. The number of hydrogen-bond acceptors (Lipinski definition) is 3. The fourth-order valence-corrected chi connectivity index (χ4v) is 2.30. The van der Waals surface area contributed by atoms with E-state index in [-0.39, 0.29) is 12.7 Å². The van der Waals surface area contributed by atoms with E-state index >= 15 is 0 Å². The molecule has 3 atom stereocenters. The highest BCUT2D eigenvalue weighted by atomic mass is 16.5. The standard InChI is InChI=1S/C17H27NO2/c1-13(2)16(10-15-8-6-5-7-9-15)14(3)20-12-17(4,18)11-19/h5-9,11,13-14,16H,10,12,18H2,1-4H3/t14-,16+,17+/m0/s1. The Morgan fingerprint density at radius 3 is 2.35 bits per heavy atom. The molecule has 3 heteroatoms. The highest BCUT2D eigenvalue weighted by Crippen LogP contribution is 2.23. The van der Waals surface area contributed by atoms with Crippen molar-refractivity contribution in [2.75, 3.05) is 6.61 Å². The van der Waals surface area contributed by atoms with Crippen molar-refractivity contribution in [3.05, 3.63) is 35.9 Å². The van der Waals surface area contributed by atoms with Gasteiger partial charge in [0.25, 0.3) is 0 Å². The smallest absolute Gasteiger partial charge is 0.141 e. The van der Waals surface area contributed by atoms with Crippen LogP contribution in [0.4, 0.5) is 0 Å². The minimum Gasteiger partial charge on any atom is -0.376 e. The van der Waals surface area contributed by atoms with Crippen molar-refractivity contribution >= 4 is 6.29 Å². The lowest BCUT2D eigenvalue weighted by Crippen LogP contribution is -2.44. The summed E-state index contributed by atoms with van der Waals surface area (Å²) in [5.74, 6) is 0.908. The largest absolute Gasteiger partial charge is 0.376 e. The number of nitrogens with two attached hydrogens (primary N) is 1. The summed E-state index contributed by atoms with van der Waals surface area (Å²) in [6, 6.07) is 10.4. The van der Waals surface area contributed by atoms with E-state index in [1.165, 1.54) is 5.56 Å². The van der Waals surface area contributed by atoms with E-state index in [1.54, 1.807) is 6.92 Å². The molecule has 0 amide bonds. The Morgan fingerprint density at radius 2 is 1.85 bits per heavy atom. The van der Waals surface area contributed by atoms with E-state index < -0.39 is 5.54 Å². The zero-order valence-corrected chi connectivity index (χ0v) is 13.0. The van der Waals surface area contributed by atoms with E-state index in [9.17, 15) is 4.79 Å². The summed E-state index contributed by atoms with van der Waals surface area (Å²) in [5, 5.41) is 0. The van der Waals surface area contributed by atoms with Gasteiger partial charge in [0.05, 0.1) is 18.2 Å². The third-order valence-corrected chi connectivity index (χ3v) is 3.70. The van der Waals surface area contributed by atoms with Gasteiger partial charge in [0, 0.05) is 0 Å². The summed E-state index contributed by atoms with van der Waals surface area (Å²) in [4.78, 5) is 10.8. The van der Waals surface area contributed by atoms with Crippen molar-refractivity contribution in [3.63, 3.8) is 0 Å². The Morgan fingerprint density at radius 1 is 1.25 bits per heavy atom. The highest BCUT2D eigenvalue weighted by molar-refractivity contribution is 5.63. The van der Waals surface area contributed by atoms with Gasteiger partial charge in [-0.3, -0.25) is 0 Å². The normalized spacial score (nSPS) is 17.5. The molecule has 2 N–H and O–H groups in total. The molecule has 0 unspecified atom stereocenters. The van der Waals surface area contributed by atoms with Crippen molar-refractivity contribution in [2.24, 2.45) is 17.6 Å².